The number of hydrogen-bond acceptors (Lipinski definition) is 2. The zero-order valence-electron chi connectivity index (χ0n) is 13.2. The van der Waals surface area contributed by atoms with Gasteiger partial charge in [-0.25, -0.2) is 13.1 Å². The fourth-order valence-corrected chi connectivity index (χ4v) is 3.87. The smallest absolute Gasteiger partial charge is 0.211 e. The summed E-state index contributed by atoms with van der Waals surface area (Å²) in [6.07, 6.45) is 0.660. The average molecular weight is 337 g/mol. The Bertz CT molecular complexity index is 891. The van der Waals surface area contributed by atoms with E-state index in [-0.39, 0.29) is 0 Å². The van der Waals surface area contributed by atoms with Crippen molar-refractivity contribution >= 4 is 10.0 Å². The molecule has 0 unspecified atom stereocenters. The summed E-state index contributed by atoms with van der Waals surface area (Å²) in [4.78, 5) is 0.310. The zero-order valence-corrected chi connectivity index (χ0v) is 14.0. The largest absolute Gasteiger partial charge is 0.241 e. The van der Waals surface area contributed by atoms with Crippen LogP contribution in [0.2, 0.25) is 0 Å². The Morgan fingerprint density at radius 3 is 2.00 bits per heavy atom. The summed E-state index contributed by atoms with van der Waals surface area (Å²) in [5, 5.41) is 0. The van der Waals surface area contributed by atoms with E-state index in [2.05, 4.69) is 4.72 Å². The molecule has 0 aliphatic rings. The Balaban J connectivity index is 1.80. The van der Waals surface area contributed by atoms with Crippen molar-refractivity contribution in [1.82, 2.24) is 4.72 Å². The fraction of sp³-hybridized carbons (Fsp3) is 0.100. The first kappa shape index (κ1) is 16.4. The second-order valence-corrected chi connectivity index (χ2v) is 7.23. The second kappa shape index (κ2) is 7.43. The van der Waals surface area contributed by atoms with E-state index in [0.29, 0.717) is 23.4 Å². The van der Waals surface area contributed by atoms with Gasteiger partial charge in [0.1, 0.15) is 0 Å². The van der Waals surface area contributed by atoms with Crippen molar-refractivity contribution in [2.24, 2.45) is 0 Å². The molecule has 3 aromatic rings. The summed E-state index contributed by atoms with van der Waals surface area (Å²) in [7, 11) is -3.56. The Morgan fingerprint density at radius 2 is 1.29 bits per heavy atom. The second-order valence-electron chi connectivity index (χ2n) is 5.50. The summed E-state index contributed by atoms with van der Waals surface area (Å²) in [5.74, 6) is 0. The summed E-state index contributed by atoms with van der Waals surface area (Å²) in [6, 6.07) is 26.5. The lowest BCUT2D eigenvalue weighted by atomic mass is 10.1. The Labute approximate surface area is 143 Å². The van der Waals surface area contributed by atoms with Crippen LogP contribution in [0.1, 0.15) is 5.56 Å². The number of hydrogen-bond donors (Lipinski definition) is 1. The normalized spacial score (nSPS) is 11.3. The van der Waals surface area contributed by atoms with Gasteiger partial charge in [0.25, 0.3) is 0 Å². The van der Waals surface area contributed by atoms with Gasteiger partial charge < -0.3 is 0 Å². The van der Waals surface area contributed by atoms with Gasteiger partial charge in [-0.05, 0) is 23.6 Å². The number of sulfonamides is 1. The van der Waals surface area contributed by atoms with Crippen LogP contribution in [0.15, 0.2) is 89.8 Å². The molecule has 0 radical (unpaired) electrons. The van der Waals surface area contributed by atoms with E-state index in [4.69, 9.17) is 0 Å². The van der Waals surface area contributed by atoms with Gasteiger partial charge in [-0.15, -0.1) is 0 Å². The van der Waals surface area contributed by atoms with E-state index in [1.165, 1.54) is 0 Å². The van der Waals surface area contributed by atoms with Crippen LogP contribution in [0, 0.1) is 0 Å². The van der Waals surface area contributed by atoms with Crippen LogP contribution < -0.4 is 4.72 Å². The highest BCUT2D eigenvalue weighted by Gasteiger charge is 2.18. The first-order valence-corrected chi connectivity index (χ1v) is 9.33. The monoisotopic (exact) mass is 337 g/mol. The average Bonchev–Trinajstić information content (AvgIpc) is 2.63. The SMILES string of the molecule is O=S(=O)(NCCc1ccccc1)c1ccccc1-c1ccccc1. The molecule has 0 aliphatic carbocycles. The third-order valence-electron chi connectivity index (χ3n) is 3.81. The molecule has 24 heavy (non-hydrogen) atoms. The molecule has 0 spiro atoms. The lowest BCUT2D eigenvalue weighted by molar-refractivity contribution is 0.582. The maximum absolute atomic E-state index is 12.7. The highest BCUT2D eigenvalue weighted by molar-refractivity contribution is 7.89. The van der Waals surface area contributed by atoms with Crippen LogP contribution in [-0.2, 0) is 16.4 Å². The van der Waals surface area contributed by atoms with Crippen molar-refractivity contribution in [3.05, 3.63) is 90.5 Å². The van der Waals surface area contributed by atoms with Crippen molar-refractivity contribution in [3.8, 4) is 11.1 Å². The number of nitrogens with one attached hydrogen (secondary N) is 1. The van der Waals surface area contributed by atoms with E-state index < -0.39 is 10.0 Å². The minimum Gasteiger partial charge on any atom is -0.211 e. The molecule has 0 heterocycles. The molecule has 1 N–H and O–H groups in total. The molecule has 0 amide bonds. The highest BCUT2D eigenvalue weighted by Crippen LogP contribution is 2.26. The third kappa shape index (κ3) is 3.91. The molecule has 0 atom stereocenters. The van der Waals surface area contributed by atoms with E-state index in [1.54, 1.807) is 12.1 Å². The molecule has 0 saturated heterocycles. The molecular formula is C20H19NO2S. The van der Waals surface area contributed by atoms with Crippen molar-refractivity contribution < 1.29 is 8.42 Å². The molecule has 0 aliphatic heterocycles. The van der Waals surface area contributed by atoms with E-state index in [9.17, 15) is 8.42 Å². The Morgan fingerprint density at radius 1 is 0.708 bits per heavy atom. The van der Waals surface area contributed by atoms with Gasteiger partial charge >= 0.3 is 0 Å². The van der Waals surface area contributed by atoms with E-state index in [1.807, 2.05) is 72.8 Å². The highest BCUT2D eigenvalue weighted by atomic mass is 32.2. The van der Waals surface area contributed by atoms with Crippen LogP contribution in [0.25, 0.3) is 11.1 Å². The summed E-state index contributed by atoms with van der Waals surface area (Å²) in [6.45, 7) is 0.371. The predicted octanol–water partition coefficient (Wildman–Crippen LogP) is 3.87. The third-order valence-corrected chi connectivity index (χ3v) is 5.33. The van der Waals surface area contributed by atoms with Crippen molar-refractivity contribution in [3.63, 3.8) is 0 Å². The topological polar surface area (TPSA) is 46.2 Å². The zero-order chi connectivity index (χ0) is 16.8. The first-order valence-electron chi connectivity index (χ1n) is 7.85. The molecule has 3 rings (SSSR count). The standard InChI is InChI=1S/C20H19NO2S/c22-24(23,21-16-15-17-9-3-1-4-10-17)20-14-8-7-13-19(20)18-11-5-2-6-12-18/h1-14,21H,15-16H2. The molecular weight excluding hydrogens is 318 g/mol. The van der Waals surface area contributed by atoms with Crippen LogP contribution in [0.5, 0.6) is 0 Å². The van der Waals surface area contributed by atoms with Crippen LogP contribution in [0.3, 0.4) is 0 Å². The van der Waals surface area contributed by atoms with Gasteiger partial charge in [0.05, 0.1) is 4.90 Å². The molecule has 0 saturated carbocycles. The molecule has 3 aromatic carbocycles. The van der Waals surface area contributed by atoms with Gasteiger partial charge in [0, 0.05) is 12.1 Å². The summed E-state index contributed by atoms with van der Waals surface area (Å²) < 4.78 is 28.1. The molecule has 122 valence electrons. The number of benzene rings is 3. The van der Waals surface area contributed by atoms with E-state index >= 15 is 0 Å². The number of rotatable bonds is 6. The predicted molar refractivity (Wildman–Crippen MR) is 97.2 cm³/mol. The van der Waals surface area contributed by atoms with Crippen molar-refractivity contribution in [2.75, 3.05) is 6.54 Å². The minimum atomic E-state index is -3.56. The molecule has 4 heteroatoms. The molecule has 0 aromatic heterocycles. The first-order chi connectivity index (χ1) is 11.7. The van der Waals surface area contributed by atoms with Crippen LogP contribution in [-0.4, -0.2) is 15.0 Å². The lowest BCUT2D eigenvalue weighted by Crippen LogP contribution is -2.26. The molecule has 0 bridgehead atoms. The summed E-state index contributed by atoms with van der Waals surface area (Å²) >= 11 is 0. The van der Waals surface area contributed by atoms with Gasteiger partial charge in [-0.2, -0.15) is 0 Å². The Kier molecular flexibility index (Phi) is 5.08. The maximum Gasteiger partial charge on any atom is 0.241 e. The van der Waals surface area contributed by atoms with Gasteiger partial charge in [-0.1, -0.05) is 78.9 Å². The van der Waals surface area contributed by atoms with Crippen molar-refractivity contribution in [1.29, 1.82) is 0 Å². The molecule has 3 nitrogen and oxygen atoms in total. The van der Waals surface area contributed by atoms with E-state index in [0.717, 1.165) is 11.1 Å². The lowest BCUT2D eigenvalue weighted by Gasteiger charge is -2.12. The minimum absolute atomic E-state index is 0.310. The maximum atomic E-state index is 12.7. The fourth-order valence-electron chi connectivity index (χ4n) is 2.61. The quantitative estimate of drug-likeness (QED) is 0.742. The van der Waals surface area contributed by atoms with Crippen LogP contribution in [0.4, 0.5) is 0 Å². The van der Waals surface area contributed by atoms with Gasteiger partial charge in [0.15, 0.2) is 0 Å². The molecule has 0 fully saturated rings. The summed E-state index contributed by atoms with van der Waals surface area (Å²) in [5.41, 5.74) is 2.71. The van der Waals surface area contributed by atoms with Crippen molar-refractivity contribution in [2.45, 2.75) is 11.3 Å². The van der Waals surface area contributed by atoms with Gasteiger partial charge in [0.2, 0.25) is 10.0 Å². The Hall–Kier alpha value is -2.43. The van der Waals surface area contributed by atoms with Gasteiger partial charge in [-0.3, -0.25) is 0 Å². The van der Waals surface area contributed by atoms with Crippen LogP contribution >= 0.6 is 0 Å².